The number of fused-ring (bicyclic) bond motifs is 3. The van der Waals surface area contributed by atoms with Gasteiger partial charge in [0, 0.05) is 24.2 Å². The summed E-state index contributed by atoms with van der Waals surface area (Å²) in [6, 6.07) is 6.75. The van der Waals surface area contributed by atoms with Gasteiger partial charge < -0.3 is 23.8 Å². The van der Waals surface area contributed by atoms with E-state index in [2.05, 4.69) is 4.90 Å². The second-order valence-corrected chi connectivity index (χ2v) is 6.87. The van der Waals surface area contributed by atoms with Gasteiger partial charge in [-0.2, -0.15) is 0 Å². The van der Waals surface area contributed by atoms with Crippen molar-refractivity contribution in [2.75, 3.05) is 34.6 Å². The molecule has 2 heterocycles. The number of hydrogen-bond acceptors (Lipinski definition) is 7. The summed E-state index contributed by atoms with van der Waals surface area (Å²) in [5, 5.41) is 0. The first-order chi connectivity index (χ1) is 13.5. The van der Waals surface area contributed by atoms with E-state index >= 15 is 0 Å². The van der Waals surface area contributed by atoms with Crippen LogP contribution in [0.1, 0.15) is 31.8 Å². The second kappa shape index (κ2) is 7.16. The SMILES string of the molecule is COc1cc2c(cc1OC)C(=O)C(=O)c1cc3c(cc1CCN(C)C2)OCO3. The van der Waals surface area contributed by atoms with E-state index in [1.807, 2.05) is 7.05 Å². The Labute approximate surface area is 162 Å². The largest absolute Gasteiger partial charge is 0.493 e. The molecule has 2 aromatic carbocycles. The van der Waals surface area contributed by atoms with Crippen LogP contribution in [-0.2, 0) is 13.0 Å². The number of nitrogens with zero attached hydrogens (tertiary/aromatic N) is 1. The standard InChI is InChI=1S/C21H21NO6/c1-22-5-4-12-6-18-19(28-11-27-18)9-14(12)20(23)21(24)15-8-17(26-3)16(25-2)7-13(15)10-22/h6-9H,4-5,10-11H2,1-3H3. The molecule has 2 aliphatic rings. The predicted octanol–water partition coefficient (Wildman–Crippen LogP) is 2.49. The quantitative estimate of drug-likeness (QED) is 0.738. The maximum Gasteiger partial charge on any atom is 0.234 e. The van der Waals surface area contributed by atoms with E-state index in [0.29, 0.717) is 53.6 Å². The molecule has 7 nitrogen and oxygen atoms in total. The fourth-order valence-electron chi connectivity index (χ4n) is 3.59. The predicted molar refractivity (Wildman–Crippen MR) is 101 cm³/mol. The molecule has 0 saturated heterocycles. The van der Waals surface area contributed by atoms with Crippen molar-refractivity contribution in [3.8, 4) is 23.0 Å². The van der Waals surface area contributed by atoms with Crippen LogP contribution in [0.3, 0.4) is 0 Å². The molecule has 0 amide bonds. The van der Waals surface area contributed by atoms with Gasteiger partial charge in [-0.25, -0.2) is 0 Å². The van der Waals surface area contributed by atoms with Crippen LogP contribution in [-0.4, -0.2) is 51.1 Å². The fourth-order valence-corrected chi connectivity index (χ4v) is 3.59. The summed E-state index contributed by atoms with van der Waals surface area (Å²) in [5.41, 5.74) is 2.17. The Morgan fingerprint density at radius 3 is 2.14 bits per heavy atom. The molecule has 0 spiro atoms. The van der Waals surface area contributed by atoms with E-state index in [9.17, 15) is 9.59 Å². The van der Waals surface area contributed by atoms with Crippen molar-refractivity contribution < 1.29 is 28.5 Å². The van der Waals surface area contributed by atoms with Crippen LogP contribution in [0.15, 0.2) is 24.3 Å². The summed E-state index contributed by atoms with van der Waals surface area (Å²) in [5.74, 6) is 0.879. The fraction of sp³-hybridized carbons (Fsp3) is 0.333. The minimum absolute atomic E-state index is 0.111. The molecule has 146 valence electrons. The molecule has 4 rings (SSSR count). The van der Waals surface area contributed by atoms with Gasteiger partial charge >= 0.3 is 0 Å². The maximum absolute atomic E-state index is 13.2. The van der Waals surface area contributed by atoms with Gasteiger partial charge in [-0.3, -0.25) is 9.59 Å². The molecule has 0 aromatic heterocycles. The van der Waals surface area contributed by atoms with Gasteiger partial charge in [0.25, 0.3) is 0 Å². The van der Waals surface area contributed by atoms with Crippen LogP contribution in [0.5, 0.6) is 23.0 Å². The third-order valence-electron chi connectivity index (χ3n) is 5.11. The summed E-state index contributed by atoms with van der Waals surface area (Å²) in [6.07, 6.45) is 0.615. The van der Waals surface area contributed by atoms with Crippen LogP contribution in [0.2, 0.25) is 0 Å². The van der Waals surface area contributed by atoms with Crippen molar-refractivity contribution in [3.63, 3.8) is 0 Å². The molecular weight excluding hydrogens is 362 g/mol. The molecule has 28 heavy (non-hydrogen) atoms. The number of hydrogen-bond donors (Lipinski definition) is 0. The molecule has 0 bridgehead atoms. The van der Waals surface area contributed by atoms with Crippen molar-refractivity contribution >= 4 is 11.6 Å². The Bertz CT molecular complexity index is 968. The Morgan fingerprint density at radius 2 is 1.46 bits per heavy atom. The molecule has 2 aromatic rings. The minimum Gasteiger partial charge on any atom is -0.493 e. The van der Waals surface area contributed by atoms with Gasteiger partial charge in [-0.05, 0) is 48.9 Å². The lowest BCUT2D eigenvalue weighted by atomic mass is 9.91. The van der Waals surface area contributed by atoms with Gasteiger partial charge in [0.2, 0.25) is 18.4 Å². The van der Waals surface area contributed by atoms with Crippen LogP contribution in [0.25, 0.3) is 0 Å². The van der Waals surface area contributed by atoms with E-state index < -0.39 is 11.6 Å². The zero-order valence-electron chi connectivity index (χ0n) is 16.0. The molecule has 0 radical (unpaired) electrons. The van der Waals surface area contributed by atoms with E-state index in [1.165, 1.54) is 7.11 Å². The van der Waals surface area contributed by atoms with Crippen molar-refractivity contribution in [3.05, 3.63) is 46.5 Å². The highest BCUT2D eigenvalue weighted by molar-refractivity contribution is 6.49. The van der Waals surface area contributed by atoms with Gasteiger partial charge in [-0.15, -0.1) is 0 Å². The third-order valence-corrected chi connectivity index (χ3v) is 5.11. The highest BCUT2D eigenvalue weighted by Crippen LogP contribution is 2.37. The first kappa shape index (κ1) is 18.3. The molecule has 0 atom stereocenters. The number of methoxy groups -OCH3 is 2. The number of likely N-dealkylation sites (N-methyl/N-ethyl adjacent to an activating group) is 1. The van der Waals surface area contributed by atoms with Gasteiger partial charge in [0.05, 0.1) is 14.2 Å². The zero-order chi connectivity index (χ0) is 19.8. The second-order valence-electron chi connectivity index (χ2n) is 6.87. The number of rotatable bonds is 2. The monoisotopic (exact) mass is 383 g/mol. The number of carbonyl (C=O) groups excluding carboxylic acids is 2. The first-order valence-electron chi connectivity index (χ1n) is 8.96. The summed E-state index contributed by atoms with van der Waals surface area (Å²) >= 11 is 0. The molecule has 0 N–H and O–H groups in total. The number of Topliss-reactive ketones (excluding diaryl/α,β-unsaturated/α-hetero) is 2. The Kier molecular flexibility index (Phi) is 4.68. The van der Waals surface area contributed by atoms with Crippen LogP contribution in [0, 0.1) is 0 Å². The zero-order valence-corrected chi connectivity index (χ0v) is 16.0. The van der Waals surface area contributed by atoms with Crippen molar-refractivity contribution in [2.45, 2.75) is 13.0 Å². The molecule has 7 heteroatoms. The van der Waals surface area contributed by atoms with Crippen LogP contribution >= 0.6 is 0 Å². The summed E-state index contributed by atoms with van der Waals surface area (Å²) in [6.45, 7) is 1.33. The lowest BCUT2D eigenvalue weighted by Crippen LogP contribution is -2.27. The summed E-state index contributed by atoms with van der Waals surface area (Å²) in [4.78, 5) is 28.4. The van der Waals surface area contributed by atoms with E-state index in [4.69, 9.17) is 18.9 Å². The summed E-state index contributed by atoms with van der Waals surface area (Å²) < 4.78 is 21.5. The van der Waals surface area contributed by atoms with Gasteiger partial charge in [0.1, 0.15) is 0 Å². The Hall–Kier alpha value is -3.06. The maximum atomic E-state index is 13.2. The third kappa shape index (κ3) is 3.07. The first-order valence-corrected chi connectivity index (χ1v) is 8.96. The normalized spacial score (nSPS) is 16.4. The summed E-state index contributed by atoms with van der Waals surface area (Å²) in [7, 11) is 5.01. The average Bonchev–Trinajstić information content (AvgIpc) is 3.16. The van der Waals surface area contributed by atoms with E-state index in [-0.39, 0.29) is 6.79 Å². The van der Waals surface area contributed by atoms with Crippen LogP contribution in [0.4, 0.5) is 0 Å². The topological polar surface area (TPSA) is 74.3 Å². The molecule has 0 fully saturated rings. The van der Waals surface area contributed by atoms with Crippen molar-refractivity contribution in [1.29, 1.82) is 0 Å². The minimum atomic E-state index is -0.577. The Morgan fingerprint density at radius 1 is 0.857 bits per heavy atom. The number of benzene rings is 2. The highest BCUT2D eigenvalue weighted by atomic mass is 16.7. The number of carbonyl (C=O) groups is 2. The van der Waals surface area contributed by atoms with E-state index in [1.54, 1.807) is 31.4 Å². The van der Waals surface area contributed by atoms with Gasteiger partial charge in [-0.1, -0.05) is 0 Å². The molecule has 0 saturated carbocycles. The van der Waals surface area contributed by atoms with Crippen molar-refractivity contribution in [2.24, 2.45) is 0 Å². The van der Waals surface area contributed by atoms with E-state index in [0.717, 1.165) is 11.1 Å². The van der Waals surface area contributed by atoms with Gasteiger partial charge in [0.15, 0.2) is 23.0 Å². The van der Waals surface area contributed by atoms with Crippen molar-refractivity contribution in [1.82, 2.24) is 4.90 Å². The van der Waals surface area contributed by atoms with Crippen LogP contribution < -0.4 is 18.9 Å². The molecule has 0 unspecified atom stereocenters. The molecule has 0 aliphatic carbocycles. The lowest BCUT2D eigenvalue weighted by molar-refractivity contribution is 0.0814. The molecule has 2 aliphatic heterocycles. The number of ketones is 2. The lowest BCUT2D eigenvalue weighted by Gasteiger charge is -2.22. The number of ether oxygens (including phenoxy) is 4. The average molecular weight is 383 g/mol. The molecular formula is C21H21NO6. The smallest absolute Gasteiger partial charge is 0.234 e. The Balaban J connectivity index is 1.86. The highest BCUT2D eigenvalue weighted by Gasteiger charge is 2.29.